The summed E-state index contributed by atoms with van der Waals surface area (Å²) in [7, 11) is 0. The fourth-order valence-electron chi connectivity index (χ4n) is 1.88. The van der Waals surface area contributed by atoms with Gasteiger partial charge < -0.3 is 9.73 Å². The summed E-state index contributed by atoms with van der Waals surface area (Å²) in [6.07, 6.45) is 3.25. The Hall–Kier alpha value is -2.66. The lowest BCUT2D eigenvalue weighted by Crippen LogP contribution is -2.07. The summed E-state index contributed by atoms with van der Waals surface area (Å²) >= 11 is 1.57. The quantitative estimate of drug-likeness (QED) is 0.594. The lowest BCUT2D eigenvalue weighted by Gasteiger charge is -2.03. The highest BCUT2D eigenvalue weighted by Gasteiger charge is 2.02. The first-order valence-electron chi connectivity index (χ1n) is 6.27. The summed E-state index contributed by atoms with van der Waals surface area (Å²) < 4.78 is 5.04. The van der Waals surface area contributed by atoms with E-state index in [1.807, 2.05) is 17.5 Å². The highest BCUT2D eigenvalue weighted by Crippen LogP contribution is 2.18. The predicted molar refractivity (Wildman–Crippen MR) is 84.5 cm³/mol. The molecule has 2 heterocycles. The van der Waals surface area contributed by atoms with Crippen LogP contribution in [0.25, 0.3) is 17.0 Å². The second kappa shape index (κ2) is 5.76. The second-order valence-electron chi connectivity index (χ2n) is 4.35. The molecule has 1 amide bonds. The molecule has 0 bridgehead atoms. The van der Waals surface area contributed by atoms with Crippen LogP contribution >= 0.6 is 11.3 Å². The predicted octanol–water partition coefficient (Wildman–Crippen LogP) is 3.51. The SMILES string of the molecule is O=C(/C=C/c1cccs1)Nc1ccc2oc(=O)ccc2c1. The van der Waals surface area contributed by atoms with E-state index in [9.17, 15) is 9.59 Å². The van der Waals surface area contributed by atoms with Gasteiger partial charge in [-0.05, 0) is 41.8 Å². The normalized spacial score (nSPS) is 11.0. The molecule has 2 aromatic heterocycles. The van der Waals surface area contributed by atoms with Gasteiger partial charge in [0.15, 0.2) is 0 Å². The van der Waals surface area contributed by atoms with E-state index in [0.717, 1.165) is 10.3 Å². The standard InChI is InChI=1S/C16H11NO3S/c18-15(7-5-13-2-1-9-21-13)17-12-4-6-14-11(10-12)3-8-16(19)20-14/h1-10H,(H,17,18)/b7-5+. The molecule has 0 saturated heterocycles. The third-order valence-corrected chi connectivity index (χ3v) is 3.67. The Morgan fingerprint density at radius 3 is 2.90 bits per heavy atom. The van der Waals surface area contributed by atoms with Crippen LogP contribution in [-0.4, -0.2) is 5.91 Å². The van der Waals surface area contributed by atoms with E-state index in [1.54, 1.807) is 41.7 Å². The molecule has 1 N–H and O–H groups in total. The maximum atomic E-state index is 11.8. The molecule has 0 fully saturated rings. The molecule has 0 spiro atoms. The third kappa shape index (κ3) is 3.27. The van der Waals surface area contributed by atoms with Crippen LogP contribution in [0.1, 0.15) is 4.88 Å². The average molecular weight is 297 g/mol. The van der Waals surface area contributed by atoms with E-state index in [2.05, 4.69) is 5.32 Å². The van der Waals surface area contributed by atoms with Crippen molar-refractivity contribution < 1.29 is 9.21 Å². The number of thiophene rings is 1. The zero-order valence-corrected chi connectivity index (χ0v) is 11.7. The minimum Gasteiger partial charge on any atom is -0.423 e. The number of fused-ring (bicyclic) bond motifs is 1. The van der Waals surface area contributed by atoms with Crippen molar-refractivity contribution in [1.82, 2.24) is 0 Å². The lowest BCUT2D eigenvalue weighted by atomic mass is 10.2. The zero-order chi connectivity index (χ0) is 14.7. The molecule has 0 radical (unpaired) electrons. The number of amides is 1. The van der Waals surface area contributed by atoms with Gasteiger partial charge in [-0.25, -0.2) is 4.79 Å². The fraction of sp³-hybridized carbons (Fsp3) is 0. The Morgan fingerprint density at radius 1 is 1.19 bits per heavy atom. The van der Waals surface area contributed by atoms with E-state index in [0.29, 0.717) is 11.3 Å². The van der Waals surface area contributed by atoms with Crippen LogP contribution in [0.3, 0.4) is 0 Å². The molecule has 5 heteroatoms. The van der Waals surface area contributed by atoms with E-state index in [1.165, 1.54) is 12.1 Å². The fourth-order valence-corrected chi connectivity index (χ4v) is 2.50. The Labute approximate surface area is 124 Å². The summed E-state index contributed by atoms with van der Waals surface area (Å²) in [5, 5.41) is 5.48. The van der Waals surface area contributed by atoms with E-state index < -0.39 is 5.63 Å². The first-order valence-corrected chi connectivity index (χ1v) is 7.15. The van der Waals surface area contributed by atoms with Gasteiger partial charge in [0.1, 0.15) is 5.58 Å². The minimum absolute atomic E-state index is 0.208. The molecule has 0 aliphatic rings. The molecule has 0 aliphatic carbocycles. The van der Waals surface area contributed by atoms with Crippen molar-refractivity contribution in [3.8, 4) is 0 Å². The van der Waals surface area contributed by atoms with Crippen LogP contribution in [-0.2, 0) is 4.79 Å². The van der Waals surface area contributed by atoms with E-state index in [-0.39, 0.29) is 5.91 Å². The molecule has 1 aromatic carbocycles. The Bertz CT molecular complexity index is 863. The lowest BCUT2D eigenvalue weighted by molar-refractivity contribution is -0.111. The molecule has 3 rings (SSSR count). The highest BCUT2D eigenvalue weighted by molar-refractivity contribution is 7.10. The van der Waals surface area contributed by atoms with Crippen molar-refractivity contribution in [3.63, 3.8) is 0 Å². The van der Waals surface area contributed by atoms with Gasteiger partial charge >= 0.3 is 5.63 Å². The van der Waals surface area contributed by atoms with Gasteiger partial charge in [-0.3, -0.25) is 4.79 Å². The van der Waals surface area contributed by atoms with Crippen molar-refractivity contribution in [1.29, 1.82) is 0 Å². The van der Waals surface area contributed by atoms with Crippen LogP contribution in [0.5, 0.6) is 0 Å². The summed E-state index contributed by atoms with van der Waals surface area (Å²) in [5.41, 5.74) is 0.755. The summed E-state index contributed by atoms with van der Waals surface area (Å²) in [6.45, 7) is 0. The number of carbonyl (C=O) groups is 1. The molecule has 104 valence electrons. The van der Waals surface area contributed by atoms with Crippen molar-refractivity contribution in [2.24, 2.45) is 0 Å². The van der Waals surface area contributed by atoms with Crippen LogP contribution < -0.4 is 10.9 Å². The minimum atomic E-state index is -0.391. The van der Waals surface area contributed by atoms with E-state index in [4.69, 9.17) is 4.42 Å². The monoisotopic (exact) mass is 297 g/mol. The van der Waals surface area contributed by atoms with Crippen LogP contribution in [0, 0.1) is 0 Å². The Morgan fingerprint density at radius 2 is 2.10 bits per heavy atom. The molecule has 4 nitrogen and oxygen atoms in total. The molecule has 0 saturated carbocycles. The second-order valence-corrected chi connectivity index (χ2v) is 5.32. The van der Waals surface area contributed by atoms with Gasteiger partial charge in [0.05, 0.1) is 0 Å². The topological polar surface area (TPSA) is 59.3 Å². The zero-order valence-electron chi connectivity index (χ0n) is 10.9. The number of anilines is 1. The smallest absolute Gasteiger partial charge is 0.336 e. The Kier molecular flexibility index (Phi) is 3.66. The summed E-state index contributed by atoms with van der Waals surface area (Å²) in [6, 6.07) is 12.0. The van der Waals surface area contributed by atoms with E-state index >= 15 is 0 Å². The Balaban J connectivity index is 1.77. The van der Waals surface area contributed by atoms with Gasteiger partial charge in [-0.15, -0.1) is 11.3 Å². The number of carbonyl (C=O) groups excluding carboxylic acids is 1. The van der Waals surface area contributed by atoms with Gasteiger partial charge in [0.2, 0.25) is 5.91 Å². The third-order valence-electron chi connectivity index (χ3n) is 2.83. The number of hydrogen-bond donors (Lipinski definition) is 1. The first kappa shape index (κ1) is 13.3. The molecular weight excluding hydrogens is 286 g/mol. The van der Waals surface area contributed by atoms with Gasteiger partial charge in [0, 0.05) is 28.1 Å². The van der Waals surface area contributed by atoms with Gasteiger partial charge in [0.25, 0.3) is 0 Å². The number of nitrogens with one attached hydrogen (secondary N) is 1. The van der Waals surface area contributed by atoms with Crippen molar-refractivity contribution in [3.05, 3.63) is 69.2 Å². The van der Waals surface area contributed by atoms with Gasteiger partial charge in [-0.1, -0.05) is 6.07 Å². The van der Waals surface area contributed by atoms with Crippen molar-refractivity contribution >= 4 is 40.0 Å². The molecule has 0 unspecified atom stereocenters. The van der Waals surface area contributed by atoms with Crippen LogP contribution in [0.15, 0.2) is 63.1 Å². The number of rotatable bonds is 3. The van der Waals surface area contributed by atoms with Crippen molar-refractivity contribution in [2.75, 3.05) is 5.32 Å². The molecule has 3 aromatic rings. The molecule has 21 heavy (non-hydrogen) atoms. The number of hydrogen-bond acceptors (Lipinski definition) is 4. The average Bonchev–Trinajstić information content (AvgIpc) is 2.99. The highest BCUT2D eigenvalue weighted by atomic mass is 32.1. The van der Waals surface area contributed by atoms with Crippen LogP contribution in [0.4, 0.5) is 5.69 Å². The summed E-state index contributed by atoms with van der Waals surface area (Å²) in [5.74, 6) is -0.208. The van der Waals surface area contributed by atoms with Crippen LogP contribution in [0.2, 0.25) is 0 Å². The molecular formula is C16H11NO3S. The van der Waals surface area contributed by atoms with Gasteiger partial charge in [-0.2, -0.15) is 0 Å². The largest absolute Gasteiger partial charge is 0.423 e. The summed E-state index contributed by atoms with van der Waals surface area (Å²) in [4.78, 5) is 23.9. The number of benzene rings is 1. The molecule has 0 atom stereocenters. The maximum Gasteiger partial charge on any atom is 0.336 e. The van der Waals surface area contributed by atoms with Crippen molar-refractivity contribution in [2.45, 2.75) is 0 Å². The maximum absolute atomic E-state index is 11.8. The first-order chi connectivity index (χ1) is 10.2. The molecule has 0 aliphatic heterocycles.